The van der Waals surface area contributed by atoms with Gasteiger partial charge in [0, 0.05) is 24.2 Å². The van der Waals surface area contributed by atoms with E-state index in [9.17, 15) is 4.79 Å². The predicted molar refractivity (Wildman–Crippen MR) is 120 cm³/mol. The first-order valence-corrected chi connectivity index (χ1v) is 11.2. The van der Waals surface area contributed by atoms with Crippen LogP contribution in [-0.2, 0) is 0 Å². The van der Waals surface area contributed by atoms with Gasteiger partial charge in [0.25, 0.3) is 5.91 Å². The summed E-state index contributed by atoms with van der Waals surface area (Å²) in [6, 6.07) is 16.1. The maximum atomic E-state index is 12.5. The van der Waals surface area contributed by atoms with Crippen molar-refractivity contribution in [3.8, 4) is 5.75 Å². The zero-order chi connectivity index (χ0) is 20.7. The van der Waals surface area contributed by atoms with Gasteiger partial charge >= 0.3 is 0 Å². The van der Waals surface area contributed by atoms with E-state index in [1.54, 1.807) is 12.1 Å². The number of fused-ring (bicyclic) bond motifs is 2. The summed E-state index contributed by atoms with van der Waals surface area (Å²) in [6.07, 6.45) is 7.89. The number of nitrogen functional groups attached to an aromatic ring is 1. The minimum atomic E-state index is -0.167. The summed E-state index contributed by atoms with van der Waals surface area (Å²) in [4.78, 5) is 15.3. The summed E-state index contributed by atoms with van der Waals surface area (Å²) in [5.41, 5.74) is 8.27. The van der Waals surface area contributed by atoms with Crippen molar-refractivity contribution >= 4 is 17.3 Å². The van der Waals surface area contributed by atoms with Crippen molar-refractivity contribution in [2.24, 2.45) is 5.41 Å². The molecule has 5 rings (SSSR count). The maximum absolute atomic E-state index is 12.5. The molecular weight excluding hydrogens is 374 g/mol. The van der Waals surface area contributed by atoms with Crippen LogP contribution in [-0.4, -0.2) is 35.5 Å². The summed E-state index contributed by atoms with van der Waals surface area (Å²) >= 11 is 0. The molecule has 2 aliphatic heterocycles. The highest BCUT2D eigenvalue weighted by molar-refractivity contribution is 6.05. The molecule has 0 aromatic heterocycles. The van der Waals surface area contributed by atoms with Crippen LogP contribution in [0.4, 0.5) is 11.4 Å². The first-order chi connectivity index (χ1) is 14.5. The number of carbonyl (C=O) groups is 1. The van der Waals surface area contributed by atoms with Crippen molar-refractivity contribution in [1.29, 1.82) is 0 Å². The van der Waals surface area contributed by atoms with Crippen LogP contribution in [0.3, 0.4) is 0 Å². The van der Waals surface area contributed by atoms with Crippen LogP contribution < -0.4 is 15.8 Å². The molecule has 1 aliphatic carbocycles. The second-order valence-electron chi connectivity index (χ2n) is 9.65. The van der Waals surface area contributed by atoms with E-state index in [0.717, 1.165) is 18.6 Å². The van der Waals surface area contributed by atoms with Crippen LogP contribution in [0.15, 0.2) is 48.5 Å². The highest BCUT2D eigenvalue weighted by atomic mass is 16.5. The molecule has 5 heteroatoms. The summed E-state index contributed by atoms with van der Waals surface area (Å²) in [5, 5.41) is 2.87. The summed E-state index contributed by atoms with van der Waals surface area (Å²) in [5.74, 6) is 0.678. The fourth-order valence-electron chi connectivity index (χ4n) is 5.07. The number of benzene rings is 2. The number of nitrogens with zero attached hydrogens (tertiary/aromatic N) is 1. The average Bonchev–Trinajstić information content (AvgIpc) is 3.42. The van der Waals surface area contributed by atoms with E-state index in [-0.39, 0.29) is 12.0 Å². The molecule has 30 heavy (non-hydrogen) atoms. The SMILES string of the molecule is CC1(CN2C3CCC2CC(Oc2ccc(C(=O)Nc4ccccc4N)cc2)C3)CC1. The molecular formula is C25H31N3O2. The van der Waals surface area contributed by atoms with Crippen LogP contribution >= 0.6 is 0 Å². The highest BCUT2D eigenvalue weighted by Gasteiger charge is 2.47. The lowest BCUT2D eigenvalue weighted by Gasteiger charge is -2.40. The van der Waals surface area contributed by atoms with Crippen molar-refractivity contribution in [3.63, 3.8) is 0 Å². The Morgan fingerprint density at radius 1 is 1.10 bits per heavy atom. The van der Waals surface area contributed by atoms with E-state index in [1.165, 1.54) is 32.2 Å². The van der Waals surface area contributed by atoms with Gasteiger partial charge in [-0.1, -0.05) is 19.1 Å². The Morgan fingerprint density at radius 2 is 1.77 bits per heavy atom. The van der Waals surface area contributed by atoms with E-state index in [2.05, 4.69) is 17.1 Å². The third-order valence-electron chi connectivity index (χ3n) is 7.14. The molecule has 158 valence electrons. The lowest BCUT2D eigenvalue weighted by molar-refractivity contribution is 0.0384. The number of rotatable bonds is 6. The van der Waals surface area contributed by atoms with Gasteiger partial charge in [0.05, 0.1) is 11.4 Å². The fourth-order valence-corrected chi connectivity index (χ4v) is 5.07. The predicted octanol–water partition coefficient (Wildman–Crippen LogP) is 4.70. The lowest BCUT2D eigenvalue weighted by Crippen LogP contribution is -2.48. The van der Waals surface area contributed by atoms with Gasteiger partial charge in [-0.05, 0) is 80.3 Å². The van der Waals surface area contributed by atoms with Crippen LogP contribution in [0, 0.1) is 5.41 Å². The monoisotopic (exact) mass is 405 g/mol. The number of amides is 1. The number of nitrogens with one attached hydrogen (secondary N) is 1. The smallest absolute Gasteiger partial charge is 0.255 e. The highest BCUT2D eigenvalue weighted by Crippen LogP contribution is 2.49. The summed E-state index contributed by atoms with van der Waals surface area (Å²) in [7, 11) is 0. The molecule has 3 aliphatic rings. The Labute approximate surface area is 178 Å². The molecule has 3 fully saturated rings. The minimum absolute atomic E-state index is 0.167. The van der Waals surface area contributed by atoms with E-state index in [1.807, 2.05) is 36.4 Å². The first-order valence-electron chi connectivity index (χ1n) is 11.2. The number of piperidine rings is 1. The van der Waals surface area contributed by atoms with E-state index >= 15 is 0 Å². The first kappa shape index (κ1) is 19.4. The number of hydrogen-bond acceptors (Lipinski definition) is 4. The normalized spacial score (nSPS) is 26.9. The van der Waals surface area contributed by atoms with Crippen LogP contribution in [0.1, 0.15) is 55.8 Å². The third-order valence-corrected chi connectivity index (χ3v) is 7.14. The zero-order valence-corrected chi connectivity index (χ0v) is 17.6. The Morgan fingerprint density at radius 3 is 2.40 bits per heavy atom. The molecule has 2 aromatic rings. The molecule has 5 nitrogen and oxygen atoms in total. The topological polar surface area (TPSA) is 67.6 Å². The van der Waals surface area contributed by atoms with Crippen molar-refractivity contribution in [1.82, 2.24) is 4.90 Å². The fraction of sp³-hybridized carbons (Fsp3) is 0.480. The van der Waals surface area contributed by atoms with E-state index < -0.39 is 0 Å². The zero-order valence-electron chi connectivity index (χ0n) is 17.6. The van der Waals surface area contributed by atoms with Gasteiger partial charge in [-0.2, -0.15) is 0 Å². The number of ether oxygens (including phenoxy) is 1. The molecule has 2 bridgehead atoms. The van der Waals surface area contributed by atoms with E-state index in [4.69, 9.17) is 10.5 Å². The van der Waals surface area contributed by atoms with Crippen LogP contribution in [0.5, 0.6) is 5.75 Å². The maximum Gasteiger partial charge on any atom is 0.255 e. The van der Waals surface area contributed by atoms with Gasteiger partial charge < -0.3 is 15.8 Å². The molecule has 2 atom stereocenters. The van der Waals surface area contributed by atoms with Crippen LogP contribution in [0.25, 0.3) is 0 Å². The number of para-hydroxylation sites is 2. The quantitative estimate of drug-likeness (QED) is 0.684. The van der Waals surface area contributed by atoms with Gasteiger partial charge in [-0.25, -0.2) is 0 Å². The van der Waals surface area contributed by atoms with Crippen molar-refractivity contribution < 1.29 is 9.53 Å². The molecule has 3 N–H and O–H groups in total. The molecule has 2 saturated heterocycles. The van der Waals surface area contributed by atoms with Gasteiger partial charge in [0.1, 0.15) is 11.9 Å². The Hall–Kier alpha value is -2.53. The van der Waals surface area contributed by atoms with Gasteiger partial charge in [0.2, 0.25) is 0 Å². The minimum Gasteiger partial charge on any atom is -0.490 e. The Kier molecular flexibility index (Phi) is 4.94. The van der Waals surface area contributed by atoms with Crippen molar-refractivity contribution in [2.75, 3.05) is 17.6 Å². The van der Waals surface area contributed by atoms with Gasteiger partial charge in [-0.15, -0.1) is 0 Å². The number of hydrogen-bond donors (Lipinski definition) is 2. The molecule has 1 amide bonds. The molecule has 0 radical (unpaired) electrons. The van der Waals surface area contributed by atoms with E-state index in [0.29, 0.717) is 34.4 Å². The van der Waals surface area contributed by atoms with Crippen LogP contribution in [0.2, 0.25) is 0 Å². The standard InChI is InChI=1S/C25H31N3O2/c1-25(12-13-25)16-28-18-8-9-19(28)15-21(14-18)30-20-10-6-17(7-11-20)24(29)27-23-5-3-2-4-22(23)26/h2-7,10-11,18-19,21H,8-9,12-16,26H2,1H3,(H,27,29). The summed E-state index contributed by atoms with van der Waals surface area (Å²) in [6.45, 7) is 3.70. The summed E-state index contributed by atoms with van der Waals surface area (Å²) < 4.78 is 6.32. The molecule has 2 heterocycles. The second kappa shape index (κ2) is 7.62. The molecule has 2 unspecified atom stereocenters. The average molecular weight is 406 g/mol. The number of nitrogens with two attached hydrogens (primary N) is 1. The third kappa shape index (κ3) is 4.04. The van der Waals surface area contributed by atoms with Gasteiger partial charge in [0.15, 0.2) is 0 Å². The van der Waals surface area contributed by atoms with Crippen molar-refractivity contribution in [2.45, 2.75) is 63.6 Å². The van der Waals surface area contributed by atoms with Gasteiger partial charge in [-0.3, -0.25) is 9.69 Å². The lowest BCUT2D eigenvalue weighted by atomic mass is 9.97. The largest absolute Gasteiger partial charge is 0.490 e. The Bertz CT molecular complexity index is 908. The molecule has 1 saturated carbocycles. The molecule has 0 spiro atoms. The second-order valence-corrected chi connectivity index (χ2v) is 9.65. The Balaban J connectivity index is 1.18. The number of carbonyl (C=O) groups excluding carboxylic acids is 1. The van der Waals surface area contributed by atoms with Crippen molar-refractivity contribution in [3.05, 3.63) is 54.1 Å². The molecule has 2 aromatic carbocycles. The number of anilines is 2.